The lowest BCUT2D eigenvalue weighted by molar-refractivity contribution is 0.412. The van der Waals surface area contributed by atoms with Gasteiger partial charge < -0.3 is 5.32 Å². The summed E-state index contributed by atoms with van der Waals surface area (Å²) < 4.78 is 2.27. The van der Waals surface area contributed by atoms with Gasteiger partial charge in [-0.25, -0.2) is 4.98 Å². The third kappa shape index (κ3) is 2.75. The van der Waals surface area contributed by atoms with Crippen molar-refractivity contribution in [2.45, 2.75) is 45.2 Å². The second-order valence-corrected chi connectivity index (χ2v) is 6.55. The van der Waals surface area contributed by atoms with Crippen LogP contribution in [-0.2, 0) is 6.54 Å². The number of rotatable bonds is 6. The SMILES string of the molecule is Cc1ncc(CNC(C2CC2)C2CC2)n1-c1ccccc1. The van der Waals surface area contributed by atoms with E-state index in [1.165, 1.54) is 37.1 Å². The number of aromatic nitrogens is 2. The molecule has 2 aliphatic carbocycles. The maximum absolute atomic E-state index is 4.51. The zero-order valence-corrected chi connectivity index (χ0v) is 12.6. The maximum Gasteiger partial charge on any atom is 0.110 e. The highest BCUT2D eigenvalue weighted by molar-refractivity contribution is 5.35. The minimum absolute atomic E-state index is 0.740. The van der Waals surface area contributed by atoms with Gasteiger partial charge in [0.1, 0.15) is 5.82 Å². The van der Waals surface area contributed by atoms with Crippen molar-refractivity contribution in [1.29, 1.82) is 0 Å². The average Bonchev–Trinajstić information content (AvgIpc) is 3.41. The minimum Gasteiger partial charge on any atom is -0.308 e. The number of para-hydroxylation sites is 1. The first kappa shape index (κ1) is 13.1. The molecule has 2 saturated carbocycles. The van der Waals surface area contributed by atoms with Crippen LogP contribution in [0.1, 0.15) is 37.2 Å². The highest BCUT2D eigenvalue weighted by Gasteiger charge is 2.41. The van der Waals surface area contributed by atoms with E-state index in [0.717, 1.165) is 30.2 Å². The molecule has 1 N–H and O–H groups in total. The van der Waals surface area contributed by atoms with Crippen molar-refractivity contribution in [2.24, 2.45) is 11.8 Å². The maximum atomic E-state index is 4.51. The molecule has 4 rings (SSSR count). The lowest BCUT2D eigenvalue weighted by Gasteiger charge is -2.18. The highest BCUT2D eigenvalue weighted by Crippen LogP contribution is 2.44. The molecular formula is C18H23N3. The summed E-state index contributed by atoms with van der Waals surface area (Å²) in [6, 6.07) is 11.3. The van der Waals surface area contributed by atoms with E-state index in [0.29, 0.717) is 0 Å². The monoisotopic (exact) mass is 281 g/mol. The summed E-state index contributed by atoms with van der Waals surface area (Å²) in [5.74, 6) is 2.94. The molecule has 3 nitrogen and oxygen atoms in total. The van der Waals surface area contributed by atoms with E-state index in [1.807, 2.05) is 6.20 Å². The van der Waals surface area contributed by atoms with Crippen molar-refractivity contribution in [1.82, 2.24) is 14.9 Å². The van der Waals surface area contributed by atoms with E-state index in [-0.39, 0.29) is 0 Å². The van der Waals surface area contributed by atoms with Crippen molar-refractivity contribution in [3.8, 4) is 5.69 Å². The first-order valence-electron chi connectivity index (χ1n) is 8.15. The Kier molecular flexibility index (Phi) is 3.30. The molecule has 2 aromatic rings. The van der Waals surface area contributed by atoms with Gasteiger partial charge in [0.15, 0.2) is 0 Å². The molecule has 2 fully saturated rings. The Morgan fingerprint density at radius 1 is 1.14 bits per heavy atom. The van der Waals surface area contributed by atoms with Gasteiger partial charge in [0.2, 0.25) is 0 Å². The van der Waals surface area contributed by atoms with Gasteiger partial charge in [-0.3, -0.25) is 4.57 Å². The van der Waals surface area contributed by atoms with Crippen LogP contribution in [0.3, 0.4) is 0 Å². The molecular weight excluding hydrogens is 258 g/mol. The molecule has 1 aromatic heterocycles. The Balaban J connectivity index is 1.52. The first-order chi connectivity index (χ1) is 10.3. The zero-order chi connectivity index (χ0) is 14.2. The molecule has 1 aromatic carbocycles. The van der Waals surface area contributed by atoms with Gasteiger partial charge in [-0.2, -0.15) is 0 Å². The van der Waals surface area contributed by atoms with Crippen molar-refractivity contribution in [3.63, 3.8) is 0 Å². The van der Waals surface area contributed by atoms with Crippen molar-refractivity contribution in [3.05, 3.63) is 48.0 Å². The third-order valence-corrected chi connectivity index (χ3v) is 4.80. The largest absolute Gasteiger partial charge is 0.308 e. The van der Waals surface area contributed by atoms with Crippen LogP contribution >= 0.6 is 0 Å². The van der Waals surface area contributed by atoms with Crippen molar-refractivity contribution >= 4 is 0 Å². The molecule has 1 heterocycles. The lowest BCUT2D eigenvalue weighted by atomic mass is 10.1. The van der Waals surface area contributed by atoms with E-state index >= 15 is 0 Å². The second-order valence-electron chi connectivity index (χ2n) is 6.55. The molecule has 0 unspecified atom stereocenters. The number of aryl methyl sites for hydroxylation is 1. The van der Waals surface area contributed by atoms with Gasteiger partial charge in [0, 0.05) is 18.3 Å². The summed E-state index contributed by atoms with van der Waals surface area (Å²) in [6.45, 7) is 3.00. The summed E-state index contributed by atoms with van der Waals surface area (Å²) in [4.78, 5) is 4.51. The number of hydrogen-bond donors (Lipinski definition) is 1. The molecule has 0 atom stereocenters. The van der Waals surface area contributed by atoms with E-state index in [1.54, 1.807) is 0 Å². The minimum atomic E-state index is 0.740. The van der Waals surface area contributed by atoms with E-state index in [9.17, 15) is 0 Å². The van der Waals surface area contributed by atoms with Crippen LogP contribution in [-0.4, -0.2) is 15.6 Å². The number of benzene rings is 1. The van der Waals surface area contributed by atoms with Crippen LogP contribution in [0.2, 0.25) is 0 Å². The Labute approximate surface area is 126 Å². The predicted molar refractivity (Wildman–Crippen MR) is 84.4 cm³/mol. The summed E-state index contributed by atoms with van der Waals surface area (Å²) >= 11 is 0. The van der Waals surface area contributed by atoms with Crippen LogP contribution < -0.4 is 5.32 Å². The van der Waals surface area contributed by atoms with Crippen molar-refractivity contribution in [2.75, 3.05) is 0 Å². The molecule has 110 valence electrons. The molecule has 0 saturated heterocycles. The smallest absolute Gasteiger partial charge is 0.110 e. The van der Waals surface area contributed by atoms with E-state index in [4.69, 9.17) is 0 Å². The predicted octanol–water partition coefficient (Wildman–Crippen LogP) is 3.46. The molecule has 2 aliphatic rings. The number of nitrogens with one attached hydrogen (secondary N) is 1. The fourth-order valence-electron chi connectivity index (χ4n) is 3.40. The Hall–Kier alpha value is -1.61. The average molecular weight is 281 g/mol. The highest BCUT2D eigenvalue weighted by atomic mass is 15.1. The zero-order valence-electron chi connectivity index (χ0n) is 12.6. The van der Waals surface area contributed by atoms with Gasteiger partial charge in [-0.05, 0) is 56.6 Å². The second kappa shape index (κ2) is 5.30. The van der Waals surface area contributed by atoms with Gasteiger partial charge >= 0.3 is 0 Å². The lowest BCUT2D eigenvalue weighted by Crippen LogP contribution is -2.33. The summed E-state index contributed by atoms with van der Waals surface area (Å²) in [7, 11) is 0. The van der Waals surface area contributed by atoms with E-state index in [2.05, 4.69) is 52.1 Å². The first-order valence-corrected chi connectivity index (χ1v) is 8.15. The number of imidazole rings is 1. The topological polar surface area (TPSA) is 29.9 Å². The fraction of sp³-hybridized carbons (Fsp3) is 0.500. The quantitative estimate of drug-likeness (QED) is 0.879. The summed E-state index contributed by atoms with van der Waals surface area (Å²) in [5, 5.41) is 3.82. The summed E-state index contributed by atoms with van der Waals surface area (Å²) in [5.41, 5.74) is 2.48. The summed E-state index contributed by atoms with van der Waals surface area (Å²) in [6.07, 6.45) is 7.71. The van der Waals surface area contributed by atoms with Crippen LogP contribution in [0.25, 0.3) is 5.69 Å². The Bertz CT molecular complexity index is 597. The number of hydrogen-bond acceptors (Lipinski definition) is 2. The molecule has 21 heavy (non-hydrogen) atoms. The Morgan fingerprint density at radius 2 is 1.81 bits per heavy atom. The molecule has 0 aliphatic heterocycles. The standard InChI is InChI=1S/C18H23N3/c1-13-19-11-17(21(13)16-5-3-2-4-6-16)12-20-18(14-7-8-14)15-9-10-15/h2-6,11,14-15,18,20H,7-10,12H2,1H3. The van der Waals surface area contributed by atoms with Crippen LogP contribution in [0.5, 0.6) is 0 Å². The van der Waals surface area contributed by atoms with Crippen LogP contribution in [0, 0.1) is 18.8 Å². The van der Waals surface area contributed by atoms with Crippen molar-refractivity contribution < 1.29 is 0 Å². The van der Waals surface area contributed by atoms with Crippen LogP contribution in [0.15, 0.2) is 36.5 Å². The molecule has 3 heteroatoms. The molecule has 0 amide bonds. The number of nitrogens with zero attached hydrogens (tertiary/aromatic N) is 2. The van der Waals surface area contributed by atoms with E-state index < -0.39 is 0 Å². The van der Waals surface area contributed by atoms with Gasteiger partial charge in [0.25, 0.3) is 0 Å². The van der Waals surface area contributed by atoms with Crippen LogP contribution in [0.4, 0.5) is 0 Å². The van der Waals surface area contributed by atoms with Gasteiger partial charge in [0.05, 0.1) is 11.9 Å². The van der Waals surface area contributed by atoms with Gasteiger partial charge in [-0.1, -0.05) is 18.2 Å². The molecule has 0 spiro atoms. The third-order valence-electron chi connectivity index (χ3n) is 4.80. The fourth-order valence-corrected chi connectivity index (χ4v) is 3.40. The van der Waals surface area contributed by atoms with Gasteiger partial charge in [-0.15, -0.1) is 0 Å². The molecule has 0 bridgehead atoms. The normalized spacial score (nSPS) is 18.4. The Morgan fingerprint density at radius 3 is 2.43 bits per heavy atom. The molecule has 0 radical (unpaired) electrons.